The van der Waals surface area contributed by atoms with Gasteiger partial charge < -0.3 is 20.4 Å². The number of carbonyl (C=O) groups is 1. The van der Waals surface area contributed by atoms with Gasteiger partial charge in [0.1, 0.15) is 6.54 Å². The number of rotatable bonds is 10. The summed E-state index contributed by atoms with van der Waals surface area (Å²) in [6.07, 6.45) is 2.78. The summed E-state index contributed by atoms with van der Waals surface area (Å²) >= 11 is 1.65. The molecule has 0 fully saturated rings. The highest BCUT2D eigenvalue weighted by atomic mass is 32.1. The van der Waals surface area contributed by atoms with E-state index in [9.17, 15) is 4.79 Å². The predicted octanol–water partition coefficient (Wildman–Crippen LogP) is 2.40. The number of hydrogen-bond donors (Lipinski definition) is 2. The molecule has 158 valence electrons. The zero-order valence-electron chi connectivity index (χ0n) is 17.8. The SMILES string of the molecule is CC(CNC(=NCC(=O)N(C)C)NCCCN(C)c1ccccc1)c1nccs1. The Morgan fingerprint density at radius 1 is 1.21 bits per heavy atom. The summed E-state index contributed by atoms with van der Waals surface area (Å²) in [5.74, 6) is 0.907. The molecule has 0 saturated heterocycles. The first-order valence-corrected chi connectivity index (χ1v) is 10.7. The second-order valence-electron chi connectivity index (χ2n) is 7.14. The number of thiazole rings is 1. The first-order chi connectivity index (χ1) is 14.0. The van der Waals surface area contributed by atoms with Gasteiger partial charge in [0.25, 0.3) is 0 Å². The normalized spacial score (nSPS) is 12.3. The van der Waals surface area contributed by atoms with Crippen LogP contribution in [0.4, 0.5) is 5.69 Å². The Bertz CT molecular complexity index is 748. The molecule has 7 nitrogen and oxygen atoms in total. The summed E-state index contributed by atoms with van der Waals surface area (Å²) in [7, 11) is 5.57. The van der Waals surface area contributed by atoms with E-state index in [4.69, 9.17) is 0 Å². The summed E-state index contributed by atoms with van der Waals surface area (Å²) in [6, 6.07) is 10.3. The van der Waals surface area contributed by atoms with E-state index in [-0.39, 0.29) is 18.4 Å². The van der Waals surface area contributed by atoms with Crippen molar-refractivity contribution >= 4 is 28.9 Å². The summed E-state index contributed by atoms with van der Waals surface area (Å²) < 4.78 is 0. The first-order valence-electron chi connectivity index (χ1n) is 9.85. The van der Waals surface area contributed by atoms with Crippen molar-refractivity contribution in [3.8, 4) is 0 Å². The number of nitrogens with one attached hydrogen (secondary N) is 2. The molecule has 0 saturated carbocycles. The highest BCUT2D eigenvalue weighted by molar-refractivity contribution is 7.09. The lowest BCUT2D eigenvalue weighted by Gasteiger charge is -2.20. The second-order valence-corrected chi connectivity index (χ2v) is 8.07. The van der Waals surface area contributed by atoms with Crippen LogP contribution in [0.2, 0.25) is 0 Å². The number of aromatic nitrogens is 1. The first kappa shape index (κ1) is 22.7. The number of aliphatic imine (C=N–C) groups is 1. The lowest BCUT2D eigenvalue weighted by molar-refractivity contribution is -0.127. The molecule has 0 aliphatic heterocycles. The average molecular weight is 417 g/mol. The van der Waals surface area contributed by atoms with Crippen LogP contribution in [0.15, 0.2) is 46.9 Å². The molecule has 2 aromatic rings. The Morgan fingerprint density at radius 3 is 2.62 bits per heavy atom. The van der Waals surface area contributed by atoms with Crippen molar-refractivity contribution in [2.24, 2.45) is 4.99 Å². The van der Waals surface area contributed by atoms with Crippen LogP contribution >= 0.6 is 11.3 Å². The van der Waals surface area contributed by atoms with Crippen LogP contribution in [0.25, 0.3) is 0 Å². The number of likely N-dealkylation sites (N-methyl/N-ethyl adjacent to an activating group) is 1. The molecule has 1 unspecified atom stereocenters. The van der Waals surface area contributed by atoms with E-state index in [1.54, 1.807) is 30.3 Å². The number of hydrogen-bond acceptors (Lipinski definition) is 5. The van der Waals surface area contributed by atoms with Gasteiger partial charge in [0, 0.05) is 64.0 Å². The highest BCUT2D eigenvalue weighted by Crippen LogP contribution is 2.16. The minimum atomic E-state index is -0.0251. The summed E-state index contributed by atoms with van der Waals surface area (Å²) in [5, 5.41) is 9.76. The molecule has 0 radical (unpaired) electrons. The van der Waals surface area contributed by atoms with Gasteiger partial charge in [0.05, 0.1) is 5.01 Å². The molecule has 8 heteroatoms. The molecule has 0 spiro atoms. The van der Waals surface area contributed by atoms with E-state index in [1.807, 2.05) is 29.8 Å². The summed E-state index contributed by atoms with van der Waals surface area (Å²) in [5.41, 5.74) is 1.20. The minimum Gasteiger partial charge on any atom is -0.375 e. The van der Waals surface area contributed by atoms with Crippen LogP contribution in [0.3, 0.4) is 0 Å². The van der Waals surface area contributed by atoms with Gasteiger partial charge in [-0.2, -0.15) is 0 Å². The second kappa shape index (κ2) is 12.1. The van der Waals surface area contributed by atoms with Crippen molar-refractivity contribution in [1.29, 1.82) is 0 Å². The van der Waals surface area contributed by atoms with Crippen LogP contribution in [0.5, 0.6) is 0 Å². The number of nitrogens with zero attached hydrogens (tertiary/aromatic N) is 4. The van der Waals surface area contributed by atoms with Crippen LogP contribution in [-0.2, 0) is 4.79 Å². The van der Waals surface area contributed by atoms with Crippen molar-refractivity contribution in [2.45, 2.75) is 19.3 Å². The standard InChI is InChI=1S/C21H32N6OS/c1-17(20-22-12-14-29-20)15-24-21(25-16-19(28)26(2)3)23-11-8-13-27(4)18-9-6-5-7-10-18/h5-7,9-10,12,14,17H,8,11,13,15-16H2,1-4H3,(H2,23,24,25). The number of amides is 1. The zero-order chi connectivity index (χ0) is 21.1. The van der Waals surface area contributed by atoms with E-state index >= 15 is 0 Å². The van der Waals surface area contributed by atoms with Crippen LogP contribution in [0.1, 0.15) is 24.3 Å². The fourth-order valence-electron chi connectivity index (χ4n) is 2.61. The van der Waals surface area contributed by atoms with E-state index in [2.05, 4.69) is 51.6 Å². The summed E-state index contributed by atoms with van der Waals surface area (Å²) in [6.45, 7) is 4.65. The quantitative estimate of drug-likeness (QED) is 0.353. The van der Waals surface area contributed by atoms with Crippen LogP contribution in [0, 0.1) is 0 Å². The molecule has 1 atom stereocenters. The molecular weight excluding hydrogens is 384 g/mol. The molecule has 1 aromatic heterocycles. The molecule has 0 aliphatic carbocycles. The largest absolute Gasteiger partial charge is 0.375 e. The maximum absolute atomic E-state index is 11.9. The van der Waals surface area contributed by atoms with Crippen molar-refractivity contribution in [3.05, 3.63) is 46.9 Å². The van der Waals surface area contributed by atoms with Crippen molar-refractivity contribution in [2.75, 3.05) is 52.2 Å². The van der Waals surface area contributed by atoms with Gasteiger partial charge in [-0.3, -0.25) is 4.79 Å². The monoisotopic (exact) mass is 416 g/mol. The number of benzene rings is 1. The van der Waals surface area contributed by atoms with E-state index < -0.39 is 0 Å². The Kier molecular flexibility index (Phi) is 9.43. The van der Waals surface area contributed by atoms with E-state index in [0.29, 0.717) is 12.5 Å². The molecule has 1 heterocycles. The molecule has 1 aromatic carbocycles. The molecule has 2 N–H and O–H groups in total. The predicted molar refractivity (Wildman–Crippen MR) is 122 cm³/mol. The molecule has 2 rings (SSSR count). The lowest BCUT2D eigenvalue weighted by atomic mass is 10.2. The Hall–Kier alpha value is -2.61. The van der Waals surface area contributed by atoms with E-state index in [0.717, 1.165) is 24.5 Å². The Morgan fingerprint density at radius 2 is 1.97 bits per heavy atom. The number of carbonyl (C=O) groups excluding carboxylic acids is 1. The van der Waals surface area contributed by atoms with Gasteiger partial charge in [0.15, 0.2) is 5.96 Å². The van der Waals surface area contributed by atoms with Gasteiger partial charge in [-0.05, 0) is 18.6 Å². The fraction of sp³-hybridized carbons (Fsp3) is 0.476. The third-order valence-electron chi connectivity index (χ3n) is 4.48. The molecular formula is C21H32N6OS. The van der Waals surface area contributed by atoms with E-state index in [1.165, 1.54) is 5.69 Å². The molecule has 29 heavy (non-hydrogen) atoms. The topological polar surface area (TPSA) is 72.9 Å². The molecule has 0 aliphatic rings. The van der Waals surface area contributed by atoms with Gasteiger partial charge in [0.2, 0.25) is 5.91 Å². The van der Waals surface area contributed by atoms with Gasteiger partial charge >= 0.3 is 0 Å². The number of para-hydroxylation sites is 1. The van der Waals surface area contributed by atoms with Crippen LogP contribution < -0.4 is 15.5 Å². The van der Waals surface area contributed by atoms with Crippen molar-refractivity contribution in [3.63, 3.8) is 0 Å². The van der Waals surface area contributed by atoms with Crippen molar-refractivity contribution < 1.29 is 4.79 Å². The Balaban J connectivity index is 1.83. The van der Waals surface area contributed by atoms with Gasteiger partial charge in [-0.1, -0.05) is 25.1 Å². The van der Waals surface area contributed by atoms with Gasteiger partial charge in [-0.15, -0.1) is 11.3 Å². The summed E-state index contributed by atoms with van der Waals surface area (Å²) in [4.78, 5) is 24.5. The fourth-order valence-corrected chi connectivity index (χ4v) is 3.31. The smallest absolute Gasteiger partial charge is 0.243 e. The maximum atomic E-state index is 11.9. The average Bonchev–Trinajstić information content (AvgIpc) is 3.27. The minimum absolute atomic E-state index is 0.0251. The molecule has 1 amide bonds. The van der Waals surface area contributed by atoms with Crippen molar-refractivity contribution in [1.82, 2.24) is 20.5 Å². The van der Waals surface area contributed by atoms with Crippen LogP contribution in [-0.4, -0.2) is 69.1 Å². The zero-order valence-corrected chi connectivity index (χ0v) is 18.6. The molecule has 0 bridgehead atoms. The third-order valence-corrected chi connectivity index (χ3v) is 5.49. The lowest BCUT2D eigenvalue weighted by Crippen LogP contribution is -2.41. The highest BCUT2D eigenvalue weighted by Gasteiger charge is 2.10. The third kappa shape index (κ3) is 8.11. The number of anilines is 1. The Labute approximate surface area is 177 Å². The van der Waals surface area contributed by atoms with Gasteiger partial charge in [-0.25, -0.2) is 9.98 Å². The maximum Gasteiger partial charge on any atom is 0.243 e. The number of guanidine groups is 1.